The lowest BCUT2D eigenvalue weighted by molar-refractivity contribution is -0.118. The van der Waals surface area contributed by atoms with Crippen molar-refractivity contribution in [1.29, 1.82) is 0 Å². The SMILES string of the molecule is CC(=O)NCCCc1csc(NC(N)=NCCC(C)C)n1. The second-order valence-electron chi connectivity index (χ2n) is 5.30. The van der Waals surface area contributed by atoms with Gasteiger partial charge in [0.05, 0.1) is 5.69 Å². The first-order chi connectivity index (χ1) is 9.97. The van der Waals surface area contributed by atoms with Crippen molar-refractivity contribution in [1.82, 2.24) is 10.3 Å². The third-order valence-corrected chi connectivity index (χ3v) is 3.57. The lowest BCUT2D eigenvalue weighted by Gasteiger charge is -2.03. The van der Waals surface area contributed by atoms with E-state index >= 15 is 0 Å². The summed E-state index contributed by atoms with van der Waals surface area (Å²) in [7, 11) is 0. The lowest BCUT2D eigenvalue weighted by Crippen LogP contribution is -2.23. The van der Waals surface area contributed by atoms with Gasteiger partial charge in [0.2, 0.25) is 5.91 Å². The first kappa shape index (κ1) is 17.4. The van der Waals surface area contributed by atoms with Crippen molar-refractivity contribution >= 4 is 28.3 Å². The summed E-state index contributed by atoms with van der Waals surface area (Å²) in [6.45, 7) is 7.24. The van der Waals surface area contributed by atoms with Crippen molar-refractivity contribution in [2.24, 2.45) is 16.6 Å². The molecule has 0 unspecified atom stereocenters. The predicted octanol–water partition coefficient (Wildman–Crippen LogP) is 1.98. The van der Waals surface area contributed by atoms with E-state index in [0.717, 1.165) is 36.6 Å². The number of guanidine groups is 1. The van der Waals surface area contributed by atoms with Gasteiger partial charge < -0.3 is 16.4 Å². The Kier molecular flexibility index (Phi) is 7.74. The molecule has 0 fully saturated rings. The van der Waals surface area contributed by atoms with Crippen LogP contribution in [0.5, 0.6) is 0 Å². The summed E-state index contributed by atoms with van der Waals surface area (Å²) < 4.78 is 0. The van der Waals surface area contributed by atoms with Crippen LogP contribution in [0.3, 0.4) is 0 Å². The Labute approximate surface area is 130 Å². The number of hydrogen-bond acceptors (Lipinski definition) is 4. The topological polar surface area (TPSA) is 92.4 Å². The van der Waals surface area contributed by atoms with Gasteiger partial charge in [-0.05, 0) is 25.2 Å². The van der Waals surface area contributed by atoms with Crippen LogP contribution in [0.25, 0.3) is 0 Å². The fourth-order valence-electron chi connectivity index (χ4n) is 1.61. The van der Waals surface area contributed by atoms with Crippen molar-refractivity contribution in [3.05, 3.63) is 11.1 Å². The van der Waals surface area contributed by atoms with Crippen molar-refractivity contribution in [2.75, 3.05) is 18.4 Å². The molecule has 0 bridgehead atoms. The average Bonchev–Trinajstić information content (AvgIpc) is 2.81. The highest BCUT2D eigenvalue weighted by atomic mass is 32.1. The van der Waals surface area contributed by atoms with Gasteiger partial charge in [0, 0.05) is 25.4 Å². The molecule has 1 heterocycles. The number of anilines is 1. The van der Waals surface area contributed by atoms with Gasteiger partial charge in [0.15, 0.2) is 11.1 Å². The molecule has 1 rings (SSSR count). The predicted molar refractivity (Wildman–Crippen MR) is 88.7 cm³/mol. The molecule has 1 aromatic heterocycles. The number of nitrogens with zero attached hydrogens (tertiary/aromatic N) is 2. The number of aliphatic imine (C=N–C) groups is 1. The van der Waals surface area contributed by atoms with E-state index in [1.54, 1.807) is 0 Å². The van der Waals surface area contributed by atoms with Gasteiger partial charge in [-0.3, -0.25) is 9.79 Å². The van der Waals surface area contributed by atoms with E-state index in [1.165, 1.54) is 18.3 Å². The molecule has 0 atom stereocenters. The minimum atomic E-state index is 0.000941. The molecule has 118 valence electrons. The summed E-state index contributed by atoms with van der Waals surface area (Å²) in [6.07, 6.45) is 2.73. The summed E-state index contributed by atoms with van der Waals surface area (Å²) in [5.41, 5.74) is 6.82. The maximum absolute atomic E-state index is 10.7. The molecule has 6 nitrogen and oxygen atoms in total. The summed E-state index contributed by atoms with van der Waals surface area (Å²) in [4.78, 5) is 19.5. The largest absolute Gasteiger partial charge is 0.370 e. The highest BCUT2D eigenvalue weighted by molar-refractivity contribution is 7.13. The molecule has 4 N–H and O–H groups in total. The van der Waals surface area contributed by atoms with Gasteiger partial charge in [-0.25, -0.2) is 4.98 Å². The number of amides is 1. The highest BCUT2D eigenvalue weighted by Gasteiger charge is 2.03. The molecule has 7 heteroatoms. The zero-order chi connectivity index (χ0) is 15.7. The normalized spacial score (nSPS) is 11.7. The van der Waals surface area contributed by atoms with Crippen LogP contribution < -0.4 is 16.4 Å². The van der Waals surface area contributed by atoms with Crippen LogP contribution in [-0.4, -0.2) is 29.9 Å². The van der Waals surface area contributed by atoms with Crippen molar-refractivity contribution in [3.63, 3.8) is 0 Å². The Bertz CT molecular complexity index is 470. The standard InChI is InChI=1S/C14H25N5OS/c1-10(2)6-8-17-13(15)19-14-18-12(9-21-14)5-4-7-16-11(3)20/h9-10H,4-8H2,1-3H3,(H,16,20)(H3,15,17,18,19). The van der Waals surface area contributed by atoms with Crippen LogP contribution in [0.1, 0.15) is 39.3 Å². The molecule has 0 saturated carbocycles. The van der Waals surface area contributed by atoms with Crippen LogP contribution >= 0.6 is 11.3 Å². The molecule has 0 aliphatic heterocycles. The number of nitrogens with two attached hydrogens (primary N) is 1. The Morgan fingerprint density at radius 1 is 1.52 bits per heavy atom. The molecule has 0 radical (unpaired) electrons. The number of carbonyl (C=O) groups is 1. The molecule has 1 amide bonds. The summed E-state index contributed by atoms with van der Waals surface area (Å²) in [6, 6.07) is 0. The summed E-state index contributed by atoms with van der Waals surface area (Å²) in [5, 5.41) is 8.54. The van der Waals surface area contributed by atoms with Crippen LogP contribution in [-0.2, 0) is 11.2 Å². The van der Waals surface area contributed by atoms with Crippen molar-refractivity contribution in [3.8, 4) is 0 Å². The smallest absolute Gasteiger partial charge is 0.216 e. The van der Waals surface area contributed by atoms with E-state index in [2.05, 4.69) is 34.5 Å². The number of rotatable bonds is 8. The molecular formula is C14H25N5OS. The third-order valence-electron chi connectivity index (χ3n) is 2.76. The third kappa shape index (κ3) is 8.29. The van der Waals surface area contributed by atoms with E-state index in [0.29, 0.717) is 18.4 Å². The van der Waals surface area contributed by atoms with E-state index in [1.807, 2.05) is 5.38 Å². The van der Waals surface area contributed by atoms with Crippen LogP contribution in [0.4, 0.5) is 5.13 Å². The van der Waals surface area contributed by atoms with E-state index in [-0.39, 0.29) is 5.91 Å². The average molecular weight is 311 g/mol. The summed E-state index contributed by atoms with van der Waals surface area (Å²) >= 11 is 1.51. The second-order valence-corrected chi connectivity index (χ2v) is 6.16. The first-order valence-corrected chi connectivity index (χ1v) is 8.11. The quantitative estimate of drug-likeness (QED) is 0.389. The monoisotopic (exact) mass is 311 g/mol. The zero-order valence-electron chi connectivity index (χ0n) is 13.0. The fourth-order valence-corrected chi connectivity index (χ4v) is 2.36. The maximum Gasteiger partial charge on any atom is 0.216 e. The lowest BCUT2D eigenvalue weighted by atomic mass is 10.1. The van der Waals surface area contributed by atoms with Gasteiger partial charge >= 0.3 is 0 Å². The van der Waals surface area contributed by atoms with Crippen LogP contribution in [0, 0.1) is 5.92 Å². The van der Waals surface area contributed by atoms with E-state index in [4.69, 9.17) is 5.73 Å². The van der Waals surface area contributed by atoms with Gasteiger partial charge in [0.1, 0.15) is 0 Å². The number of thiazole rings is 1. The number of aromatic nitrogens is 1. The van der Waals surface area contributed by atoms with Crippen molar-refractivity contribution in [2.45, 2.75) is 40.0 Å². The van der Waals surface area contributed by atoms with Gasteiger partial charge in [0.25, 0.3) is 0 Å². The maximum atomic E-state index is 10.7. The molecule has 21 heavy (non-hydrogen) atoms. The number of hydrogen-bond donors (Lipinski definition) is 3. The van der Waals surface area contributed by atoms with Crippen LogP contribution in [0.2, 0.25) is 0 Å². The molecule has 0 aromatic carbocycles. The van der Waals surface area contributed by atoms with Crippen molar-refractivity contribution < 1.29 is 4.79 Å². The van der Waals surface area contributed by atoms with E-state index < -0.39 is 0 Å². The molecule has 0 aliphatic rings. The van der Waals surface area contributed by atoms with E-state index in [9.17, 15) is 4.79 Å². The zero-order valence-corrected chi connectivity index (χ0v) is 13.8. The van der Waals surface area contributed by atoms with Crippen LogP contribution in [0.15, 0.2) is 10.4 Å². The molecule has 0 aliphatic carbocycles. The van der Waals surface area contributed by atoms with Gasteiger partial charge in [-0.15, -0.1) is 11.3 Å². The minimum absolute atomic E-state index is 0.000941. The molecule has 0 spiro atoms. The fraction of sp³-hybridized carbons (Fsp3) is 0.643. The number of nitrogens with one attached hydrogen (secondary N) is 2. The molecule has 1 aromatic rings. The van der Waals surface area contributed by atoms with Gasteiger partial charge in [-0.2, -0.15) is 0 Å². The Balaban J connectivity index is 2.32. The Morgan fingerprint density at radius 2 is 2.29 bits per heavy atom. The minimum Gasteiger partial charge on any atom is -0.370 e. The first-order valence-electron chi connectivity index (χ1n) is 7.23. The van der Waals surface area contributed by atoms with Gasteiger partial charge in [-0.1, -0.05) is 13.8 Å². The Morgan fingerprint density at radius 3 is 2.95 bits per heavy atom. The Hall–Kier alpha value is -1.63. The molecule has 0 saturated heterocycles. The second kappa shape index (κ2) is 9.33. The summed E-state index contributed by atoms with van der Waals surface area (Å²) in [5.74, 6) is 1.03. The number of aryl methyl sites for hydroxylation is 1. The highest BCUT2D eigenvalue weighted by Crippen LogP contribution is 2.16. The number of carbonyl (C=O) groups excluding carboxylic acids is 1. The molecular weight excluding hydrogens is 286 g/mol.